The highest BCUT2D eigenvalue weighted by molar-refractivity contribution is 5.94. The molecule has 0 aliphatic carbocycles. The number of nitrogens with zero attached hydrogens (tertiary/aromatic N) is 5. The van der Waals surface area contributed by atoms with Crippen LogP contribution in [0, 0.1) is 11.3 Å². The van der Waals surface area contributed by atoms with E-state index in [1.165, 1.54) is 12.0 Å². The molecule has 6 nitrogen and oxygen atoms in total. The van der Waals surface area contributed by atoms with Crippen LogP contribution in [0.5, 0.6) is 0 Å². The second-order valence-corrected chi connectivity index (χ2v) is 9.45. The first kappa shape index (κ1) is 23.4. The number of hydrogen-bond acceptors (Lipinski definition) is 5. The number of rotatable bonds is 4. The third-order valence-corrected chi connectivity index (χ3v) is 6.87. The molecule has 2 aliphatic rings. The average Bonchev–Trinajstić information content (AvgIpc) is 3.18. The Morgan fingerprint density at radius 1 is 0.848 bits per heavy atom. The minimum absolute atomic E-state index is 0.0933. The van der Waals surface area contributed by atoms with Crippen molar-refractivity contribution in [1.29, 1.82) is 5.26 Å². The van der Waals surface area contributed by atoms with Gasteiger partial charge in [0.05, 0.1) is 11.6 Å². The van der Waals surface area contributed by atoms with Gasteiger partial charge in [0.2, 0.25) is 0 Å². The fourth-order valence-electron chi connectivity index (χ4n) is 4.77. The topological polar surface area (TPSA) is 53.8 Å². The lowest BCUT2D eigenvalue weighted by atomic mass is 9.97. The molecule has 0 N–H and O–H groups in total. The first-order valence-electron chi connectivity index (χ1n) is 12.1. The van der Waals surface area contributed by atoms with Crippen LogP contribution in [0.15, 0.2) is 42.5 Å². The molecular formula is C27H35N5O. The van der Waals surface area contributed by atoms with E-state index < -0.39 is 0 Å². The third kappa shape index (κ3) is 6.00. The minimum Gasteiger partial charge on any atom is -0.337 e. The number of amides is 1. The van der Waals surface area contributed by atoms with Crippen LogP contribution in [-0.2, 0) is 6.54 Å². The Hall–Kier alpha value is -2.72. The number of carbonyl (C=O) groups excluding carboxylic acids is 1. The molecule has 2 saturated heterocycles. The van der Waals surface area contributed by atoms with Gasteiger partial charge in [-0.1, -0.05) is 24.3 Å². The SMILES string of the molecule is CN1CCCN(Cc2ccc(-c3ccc(C(=O)N4CCCN(C)CC4)cc3)c(C#N)c2)CC1. The molecule has 2 aliphatic heterocycles. The Labute approximate surface area is 198 Å². The summed E-state index contributed by atoms with van der Waals surface area (Å²) in [4.78, 5) is 22.0. The maximum Gasteiger partial charge on any atom is 0.253 e. The number of carbonyl (C=O) groups is 1. The molecule has 0 radical (unpaired) electrons. The van der Waals surface area contributed by atoms with Crippen molar-refractivity contribution in [1.82, 2.24) is 19.6 Å². The van der Waals surface area contributed by atoms with E-state index in [9.17, 15) is 10.1 Å². The van der Waals surface area contributed by atoms with Crippen molar-refractivity contribution in [3.63, 3.8) is 0 Å². The fourth-order valence-corrected chi connectivity index (χ4v) is 4.77. The molecule has 2 fully saturated rings. The van der Waals surface area contributed by atoms with E-state index in [0.717, 1.165) is 76.5 Å². The monoisotopic (exact) mass is 445 g/mol. The normalized spacial score (nSPS) is 19.0. The third-order valence-electron chi connectivity index (χ3n) is 6.87. The van der Waals surface area contributed by atoms with Gasteiger partial charge in [-0.15, -0.1) is 0 Å². The van der Waals surface area contributed by atoms with Gasteiger partial charge in [0, 0.05) is 44.8 Å². The highest BCUT2D eigenvalue weighted by atomic mass is 16.2. The highest BCUT2D eigenvalue weighted by Crippen LogP contribution is 2.26. The van der Waals surface area contributed by atoms with Gasteiger partial charge in [-0.3, -0.25) is 9.69 Å². The molecular weight excluding hydrogens is 410 g/mol. The average molecular weight is 446 g/mol. The van der Waals surface area contributed by atoms with Crippen molar-refractivity contribution < 1.29 is 4.79 Å². The predicted molar refractivity (Wildman–Crippen MR) is 132 cm³/mol. The van der Waals surface area contributed by atoms with E-state index in [4.69, 9.17) is 0 Å². The quantitative estimate of drug-likeness (QED) is 0.724. The predicted octanol–water partition coefficient (Wildman–Crippen LogP) is 3.14. The second kappa shape index (κ2) is 10.9. The van der Waals surface area contributed by atoms with E-state index in [1.807, 2.05) is 35.2 Å². The van der Waals surface area contributed by atoms with Crippen molar-refractivity contribution in [3.8, 4) is 17.2 Å². The number of nitriles is 1. The Balaban J connectivity index is 1.46. The zero-order chi connectivity index (χ0) is 23.2. The van der Waals surface area contributed by atoms with Crippen molar-refractivity contribution >= 4 is 5.91 Å². The first-order chi connectivity index (χ1) is 16.0. The van der Waals surface area contributed by atoms with E-state index in [1.54, 1.807) is 0 Å². The van der Waals surface area contributed by atoms with Crippen molar-refractivity contribution in [3.05, 3.63) is 59.2 Å². The van der Waals surface area contributed by atoms with Gasteiger partial charge in [-0.2, -0.15) is 5.26 Å². The zero-order valence-electron chi connectivity index (χ0n) is 20.0. The molecule has 2 heterocycles. The van der Waals surface area contributed by atoms with Crippen molar-refractivity contribution in [2.45, 2.75) is 19.4 Å². The van der Waals surface area contributed by atoms with Crippen LogP contribution in [-0.4, -0.2) is 92.0 Å². The molecule has 4 rings (SSSR count). The molecule has 0 atom stereocenters. The lowest BCUT2D eigenvalue weighted by molar-refractivity contribution is 0.0763. The summed E-state index contributed by atoms with van der Waals surface area (Å²) in [5, 5.41) is 9.82. The van der Waals surface area contributed by atoms with Crippen LogP contribution in [0.2, 0.25) is 0 Å². The molecule has 0 saturated carbocycles. The van der Waals surface area contributed by atoms with Gasteiger partial charge in [-0.25, -0.2) is 0 Å². The van der Waals surface area contributed by atoms with E-state index in [-0.39, 0.29) is 5.91 Å². The summed E-state index contributed by atoms with van der Waals surface area (Å²) in [6, 6.07) is 16.3. The summed E-state index contributed by atoms with van der Waals surface area (Å²) >= 11 is 0. The standard InChI is InChI=1S/C27H35N5O/c1-29-11-3-13-31(17-15-29)21-22-5-10-26(25(19-22)20-28)23-6-8-24(9-7-23)27(33)32-14-4-12-30(2)16-18-32/h5-10,19H,3-4,11-18,21H2,1-2H3. The lowest BCUT2D eigenvalue weighted by Gasteiger charge is -2.21. The van der Waals surface area contributed by atoms with Crippen LogP contribution in [0.3, 0.4) is 0 Å². The molecule has 0 unspecified atom stereocenters. The Bertz CT molecular complexity index is 997. The largest absolute Gasteiger partial charge is 0.337 e. The molecule has 0 spiro atoms. The summed E-state index contributed by atoms with van der Waals surface area (Å²) in [5.74, 6) is 0.0933. The van der Waals surface area contributed by atoms with Gasteiger partial charge >= 0.3 is 0 Å². The lowest BCUT2D eigenvalue weighted by Crippen LogP contribution is -2.34. The van der Waals surface area contributed by atoms with Crippen LogP contribution in [0.1, 0.15) is 34.3 Å². The van der Waals surface area contributed by atoms with Crippen LogP contribution in [0.4, 0.5) is 0 Å². The van der Waals surface area contributed by atoms with Gasteiger partial charge in [0.25, 0.3) is 5.91 Å². The Morgan fingerprint density at radius 3 is 2.27 bits per heavy atom. The maximum atomic E-state index is 13.0. The first-order valence-corrected chi connectivity index (χ1v) is 12.1. The van der Waals surface area contributed by atoms with Crippen molar-refractivity contribution in [2.75, 3.05) is 66.5 Å². The second-order valence-electron chi connectivity index (χ2n) is 9.45. The Kier molecular flexibility index (Phi) is 7.77. The Morgan fingerprint density at radius 2 is 1.55 bits per heavy atom. The van der Waals surface area contributed by atoms with Crippen LogP contribution >= 0.6 is 0 Å². The summed E-state index contributed by atoms with van der Waals surface area (Å²) in [7, 11) is 4.28. The highest BCUT2D eigenvalue weighted by Gasteiger charge is 2.19. The van der Waals surface area contributed by atoms with Crippen LogP contribution in [0.25, 0.3) is 11.1 Å². The van der Waals surface area contributed by atoms with Crippen molar-refractivity contribution in [2.24, 2.45) is 0 Å². The number of benzene rings is 2. The minimum atomic E-state index is 0.0933. The zero-order valence-corrected chi connectivity index (χ0v) is 20.0. The molecule has 174 valence electrons. The van der Waals surface area contributed by atoms with Gasteiger partial charge in [0.15, 0.2) is 0 Å². The maximum absolute atomic E-state index is 13.0. The fraction of sp³-hybridized carbons (Fsp3) is 0.481. The van der Waals surface area contributed by atoms with Gasteiger partial charge < -0.3 is 14.7 Å². The summed E-state index contributed by atoms with van der Waals surface area (Å²) in [6.07, 6.45) is 2.19. The van der Waals surface area contributed by atoms with Crippen LogP contribution < -0.4 is 0 Å². The molecule has 0 aromatic heterocycles. The summed E-state index contributed by atoms with van der Waals surface area (Å²) in [6.45, 7) is 8.78. The van der Waals surface area contributed by atoms with E-state index in [2.05, 4.69) is 47.0 Å². The molecule has 2 aromatic carbocycles. The number of likely N-dealkylation sites (N-methyl/N-ethyl adjacent to an activating group) is 2. The van der Waals surface area contributed by atoms with E-state index in [0.29, 0.717) is 11.1 Å². The molecule has 6 heteroatoms. The van der Waals surface area contributed by atoms with E-state index >= 15 is 0 Å². The van der Waals surface area contributed by atoms with Gasteiger partial charge in [0.1, 0.15) is 0 Å². The smallest absolute Gasteiger partial charge is 0.253 e. The molecule has 0 bridgehead atoms. The number of hydrogen-bond donors (Lipinski definition) is 0. The van der Waals surface area contributed by atoms with Gasteiger partial charge in [-0.05, 0) is 81.5 Å². The molecule has 2 aromatic rings. The summed E-state index contributed by atoms with van der Waals surface area (Å²) in [5.41, 5.74) is 4.48. The molecule has 33 heavy (non-hydrogen) atoms. The summed E-state index contributed by atoms with van der Waals surface area (Å²) < 4.78 is 0. The molecule has 1 amide bonds.